The second kappa shape index (κ2) is 8.55. The number of anilines is 1. The molecule has 0 aliphatic rings. The van der Waals surface area contributed by atoms with Crippen molar-refractivity contribution in [2.24, 2.45) is 0 Å². The van der Waals surface area contributed by atoms with E-state index in [1.807, 2.05) is 47.9 Å². The maximum Gasteiger partial charge on any atom is 0.356 e. The van der Waals surface area contributed by atoms with E-state index in [4.69, 9.17) is 5.73 Å². The zero-order chi connectivity index (χ0) is 19.4. The van der Waals surface area contributed by atoms with Crippen LogP contribution in [0.15, 0.2) is 48.5 Å². The molecule has 0 radical (unpaired) electrons. The Labute approximate surface area is 161 Å². The topological polar surface area (TPSA) is 58.3 Å². The Morgan fingerprint density at radius 1 is 1.07 bits per heavy atom. The Morgan fingerprint density at radius 2 is 1.74 bits per heavy atom. The third-order valence-corrected chi connectivity index (χ3v) is 5.37. The zero-order valence-electron chi connectivity index (χ0n) is 16.6. The number of aliphatic hydroxyl groups is 1. The summed E-state index contributed by atoms with van der Waals surface area (Å²) in [6.07, 6.45) is -0.597. The van der Waals surface area contributed by atoms with E-state index in [1.54, 1.807) is 0 Å². The number of aliphatic hydroxyl groups excluding tert-OH is 1. The normalized spacial score (nSPS) is 12.8. The third kappa shape index (κ3) is 4.15. The summed E-state index contributed by atoms with van der Waals surface area (Å²) in [7, 11) is 0. The second-order valence-electron chi connectivity index (χ2n) is 7.06. The molecule has 0 amide bonds. The Morgan fingerprint density at radius 3 is 2.41 bits per heavy atom. The quantitative estimate of drug-likeness (QED) is 0.602. The van der Waals surface area contributed by atoms with Crippen LogP contribution in [0.25, 0.3) is 11.0 Å². The minimum atomic E-state index is -0.597. The van der Waals surface area contributed by atoms with Gasteiger partial charge in [0, 0.05) is 6.54 Å². The molecule has 5 nitrogen and oxygen atoms in total. The molecule has 2 aromatic carbocycles. The third-order valence-electron chi connectivity index (χ3n) is 5.37. The van der Waals surface area contributed by atoms with Crippen LogP contribution in [0.4, 0.5) is 5.95 Å². The second-order valence-corrected chi connectivity index (χ2v) is 7.06. The van der Waals surface area contributed by atoms with E-state index < -0.39 is 6.10 Å². The first-order chi connectivity index (χ1) is 13.0. The van der Waals surface area contributed by atoms with Crippen LogP contribution in [0.2, 0.25) is 0 Å². The Balaban J connectivity index is 1.91. The van der Waals surface area contributed by atoms with Crippen molar-refractivity contribution in [2.45, 2.75) is 40.0 Å². The first-order valence-corrected chi connectivity index (χ1v) is 9.78. The van der Waals surface area contributed by atoms with Crippen molar-refractivity contribution in [3.05, 3.63) is 59.7 Å². The summed E-state index contributed by atoms with van der Waals surface area (Å²) in [5.41, 5.74) is 10.8. The van der Waals surface area contributed by atoms with Crippen LogP contribution in [0.5, 0.6) is 0 Å². The highest BCUT2D eigenvalue weighted by Crippen LogP contribution is 2.20. The zero-order valence-corrected chi connectivity index (χ0v) is 16.6. The lowest BCUT2D eigenvalue weighted by Crippen LogP contribution is -2.39. The fourth-order valence-corrected chi connectivity index (χ4v) is 3.59. The highest BCUT2D eigenvalue weighted by atomic mass is 16.3. The molecule has 0 saturated carbocycles. The minimum absolute atomic E-state index is 0.438. The lowest BCUT2D eigenvalue weighted by molar-refractivity contribution is -0.666. The average Bonchev–Trinajstić information content (AvgIpc) is 2.95. The molecule has 1 aromatic heterocycles. The van der Waals surface area contributed by atoms with E-state index in [0.29, 0.717) is 12.5 Å². The van der Waals surface area contributed by atoms with Gasteiger partial charge in [-0.05, 0) is 37.7 Å². The molecule has 5 heteroatoms. The Kier molecular flexibility index (Phi) is 6.14. The molecule has 1 heterocycles. The molecule has 1 atom stereocenters. The number of fused-ring (bicyclic) bond motifs is 1. The highest BCUT2D eigenvalue weighted by molar-refractivity contribution is 5.73. The highest BCUT2D eigenvalue weighted by Gasteiger charge is 2.23. The number of hydrogen-bond donors (Lipinski definition) is 2. The number of rotatable bonds is 8. The van der Waals surface area contributed by atoms with E-state index in [2.05, 4.69) is 35.4 Å². The molecule has 0 saturated heterocycles. The summed E-state index contributed by atoms with van der Waals surface area (Å²) >= 11 is 0. The number of aryl methyl sites for hydroxylation is 1. The number of para-hydroxylation sites is 2. The van der Waals surface area contributed by atoms with Gasteiger partial charge in [0.2, 0.25) is 0 Å². The van der Waals surface area contributed by atoms with Gasteiger partial charge in [0.15, 0.2) is 0 Å². The van der Waals surface area contributed by atoms with Gasteiger partial charge in [-0.15, -0.1) is 0 Å². The first-order valence-electron chi connectivity index (χ1n) is 9.78. The molecule has 27 heavy (non-hydrogen) atoms. The van der Waals surface area contributed by atoms with Crippen molar-refractivity contribution in [1.82, 2.24) is 9.47 Å². The minimum Gasteiger partial charge on any atom is -0.385 e. The van der Waals surface area contributed by atoms with E-state index in [-0.39, 0.29) is 0 Å². The number of nitrogen functional groups attached to an aromatic ring is 1. The van der Waals surface area contributed by atoms with Crippen molar-refractivity contribution < 1.29 is 9.67 Å². The molecular weight excluding hydrogens is 336 g/mol. The predicted octanol–water partition coefficient (Wildman–Crippen LogP) is 2.89. The van der Waals surface area contributed by atoms with Crippen LogP contribution in [0, 0.1) is 6.92 Å². The molecule has 0 fully saturated rings. The summed E-state index contributed by atoms with van der Waals surface area (Å²) in [5.74, 6) is 0.689. The number of likely N-dealkylation sites (N-methyl/N-ethyl adjacent to an activating group) is 1. The monoisotopic (exact) mass is 367 g/mol. The fourth-order valence-electron chi connectivity index (χ4n) is 3.59. The van der Waals surface area contributed by atoms with Crippen LogP contribution in [-0.2, 0) is 13.1 Å². The van der Waals surface area contributed by atoms with E-state index in [0.717, 1.165) is 42.8 Å². The van der Waals surface area contributed by atoms with Gasteiger partial charge < -0.3 is 10.0 Å². The lowest BCUT2D eigenvalue weighted by Gasteiger charge is -2.17. The van der Waals surface area contributed by atoms with Gasteiger partial charge in [-0.2, -0.15) is 0 Å². The largest absolute Gasteiger partial charge is 0.385 e. The molecule has 0 spiro atoms. The number of benzene rings is 2. The standard InChI is InChI=1S/C22H30N4O/c1-4-24(5-2)14-15-25-19-8-6-7-9-20(19)26(22(25)23)16-21(27)18-12-10-17(3)11-13-18/h6-13,21,23,27H,4-5,14-16H2,1-3H3/p+1. The molecule has 3 aromatic rings. The smallest absolute Gasteiger partial charge is 0.356 e. The molecule has 3 N–H and O–H groups in total. The van der Waals surface area contributed by atoms with Crippen LogP contribution in [0.1, 0.15) is 31.1 Å². The van der Waals surface area contributed by atoms with Crippen molar-refractivity contribution in [1.29, 1.82) is 0 Å². The maximum absolute atomic E-state index is 10.8. The SMILES string of the molecule is CCN(CC)CCn1c(N)[n+](CC(O)c2ccc(C)cc2)c2ccccc21. The van der Waals surface area contributed by atoms with Crippen LogP contribution in [-0.4, -0.2) is 34.2 Å². The number of hydrogen-bond acceptors (Lipinski definition) is 3. The van der Waals surface area contributed by atoms with Crippen molar-refractivity contribution in [3.63, 3.8) is 0 Å². The van der Waals surface area contributed by atoms with Crippen molar-refractivity contribution >= 4 is 17.0 Å². The van der Waals surface area contributed by atoms with Gasteiger partial charge in [-0.25, -0.2) is 9.13 Å². The first kappa shape index (κ1) is 19.4. The summed E-state index contributed by atoms with van der Waals surface area (Å²) < 4.78 is 4.19. The van der Waals surface area contributed by atoms with Gasteiger partial charge >= 0.3 is 5.95 Å². The molecular formula is C22H31N4O+. The predicted molar refractivity (Wildman–Crippen MR) is 110 cm³/mol. The lowest BCUT2D eigenvalue weighted by atomic mass is 10.1. The Hall–Kier alpha value is -2.37. The van der Waals surface area contributed by atoms with Crippen LogP contribution < -0.4 is 10.3 Å². The number of nitrogens with zero attached hydrogens (tertiary/aromatic N) is 3. The summed E-state index contributed by atoms with van der Waals surface area (Å²) in [5, 5.41) is 10.8. The fraction of sp³-hybridized carbons (Fsp3) is 0.409. The number of aromatic nitrogens is 2. The maximum atomic E-state index is 10.8. The van der Waals surface area contributed by atoms with Crippen LogP contribution in [0.3, 0.4) is 0 Å². The van der Waals surface area contributed by atoms with Crippen LogP contribution >= 0.6 is 0 Å². The molecule has 3 rings (SSSR count). The van der Waals surface area contributed by atoms with Gasteiger partial charge in [0.1, 0.15) is 23.7 Å². The van der Waals surface area contributed by atoms with Gasteiger partial charge in [0.05, 0.1) is 6.54 Å². The van der Waals surface area contributed by atoms with Gasteiger partial charge in [0.25, 0.3) is 0 Å². The molecule has 0 aliphatic heterocycles. The van der Waals surface area contributed by atoms with E-state index >= 15 is 0 Å². The van der Waals surface area contributed by atoms with Gasteiger partial charge in [-0.3, -0.25) is 5.73 Å². The number of imidazole rings is 1. The average molecular weight is 368 g/mol. The Bertz CT molecular complexity index is 881. The molecule has 0 aliphatic carbocycles. The summed E-state index contributed by atoms with van der Waals surface area (Å²) in [6, 6.07) is 16.2. The summed E-state index contributed by atoms with van der Waals surface area (Å²) in [4.78, 5) is 2.39. The summed E-state index contributed by atoms with van der Waals surface area (Å²) in [6.45, 7) is 10.7. The van der Waals surface area contributed by atoms with E-state index in [9.17, 15) is 5.11 Å². The van der Waals surface area contributed by atoms with E-state index in [1.165, 1.54) is 5.56 Å². The molecule has 144 valence electrons. The molecule has 0 bridgehead atoms. The van der Waals surface area contributed by atoms with Gasteiger partial charge in [-0.1, -0.05) is 55.8 Å². The molecule has 1 unspecified atom stereocenters. The van der Waals surface area contributed by atoms with Crippen molar-refractivity contribution in [3.8, 4) is 0 Å². The number of nitrogens with two attached hydrogens (primary N) is 1. The van der Waals surface area contributed by atoms with Crippen molar-refractivity contribution in [2.75, 3.05) is 25.4 Å².